The van der Waals surface area contributed by atoms with Crippen molar-refractivity contribution in [3.8, 4) is 0 Å². The molecule has 84 valence electrons. The van der Waals surface area contributed by atoms with Crippen LogP contribution in [0, 0.1) is 0 Å². The summed E-state index contributed by atoms with van der Waals surface area (Å²) in [5.74, 6) is -0.0988. The van der Waals surface area contributed by atoms with Crippen LogP contribution in [0.25, 0.3) is 0 Å². The minimum atomic E-state index is -0.0988. The molecule has 0 spiro atoms. The molecular weight excluding hydrogens is 204 g/mol. The first-order valence-electron chi connectivity index (χ1n) is 5.32. The fourth-order valence-electron chi connectivity index (χ4n) is 2.03. The predicted molar refractivity (Wildman–Crippen MR) is 62.0 cm³/mol. The summed E-state index contributed by atoms with van der Waals surface area (Å²) in [4.78, 5) is 10.9. The Morgan fingerprint density at radius 2 is 2.25 bits per heavy atom. The van der Waals surface area contributed by atoms with Crippen molar-refractivity contribution >= 4 is 17.3 Å². The Labute approximate surface area is 94.0 Å². The quantitative estimate of drug-likeness (QED) is 0.560. The number of hydrogen-bond acceptors (Lipinski definition) is 3. The van der Waals surface area contributed by atoms with E-state index in [-0.39, 0.29) is 5.91 Å². The molecule has 0 fully saturated rings. The molecule has 1 aromatic rings. The number of amides is 1. The highest BCUT2D eigenvalue weighted by Gasteiger charge is 2.16. The van der Waals surface area contributed by atoms with Crippen molar-refractivity contribution in [1.82, 2.24) is 0 Å². The van der Waals surface area contributed by atoms with Crippen LogP contribution < -0.4 is 5.32 Å². The maximum atomic E-state index is 10.9. The maximum Gasteiger partial charge on any atom is 0.221 e. The van der Waals surface area contributed by atoms with E-state index in [1.807, 2.05) is 18.2 Å². The number of fused-ring (bicyclic) bond motifs is 1. The van der Waals surface area contributed by atoms with Gasteiger partial charge in [-0.05, 0) is 37.0 Å². The molecule has 16 heavy (non-hydrogen) atoms. The van der Waals surface area contributed by atoms with Crippen molar-refractivity contribution in [1.29, 1.82) is 0 Å². The highest BCUT2D eigenvalue weighted by molar-refractivity contribution is 6.03. The van der Waals surface area contributed by atoms with Gasteiger partial charge in [-0.2, -0.15) is 0 Å². The molecule has 0 aromatic heterocycles. The topological polar surface area (TPSA) is 61.7 Å². The first-order valence-corrected chi connectivity index (χ1v) is 5.32. The van der Waals surface area contributed by atoms with Gasteiger partial charge >= 0.3 is 0 Å². The van der Waals surface area contributed by atoms with E-state index in [0.717, 1.165) is 30.5 Å². The number of rotatable bonds is 1. The smallest absolute Gasteiger partial charge is 0.221 e. The Hall–Kier alpha value is -1.84. The van der Waals surface area contributed by atoms with E-state index in [2.05, 4.69) is 10.5 Å². The average Bonchev–Trinajstić information content (AvgIpc) is 2.27. The summed E-state index contributed by atoms with van der Waals surface area (Å²) in [6.07, 6.45) is 2.79. The Morgan fingerprint density at radius 3 is 2.94 bits per heavy atom. The third-order valence-corrected chi connectivity index (χ3v) is 2.72. The fourth-order valence-corrected chi connectivity index (χ4v) is 2.03. The molecule has 0 unspecified atom stereocenters. The number of carbonyl (C=O) groups is 1. The van der Waals surface area contributed by atoms with Crippen LogP contribution in [0.1, 0.15) is 30.9 Å². The van der Waals surface area contributed by atoms with E-state index >= 15 is 0 Å². The summed E-state index contributed by atoms with van der Waals surface area (Å²) in [6, 6.07) is 5.72. The Morgan fingerprint density at radius 1 is 1.44 bits per heavy atom. The van der Waals surface area contributed by atoms with Crippen LogP contribution in [0.5, 0.6) is 0 Å². The molecule has 0 atom stereocenters. The third kappa shape index (κ3) is 2.05. The molecule has 1 aromatic carbocycles. The molecule has 0 radical (unpaired) electrons. The lowest BCUT2D eigenvalue weighted by Gasteiger charge is -2.17. The fraction of sp³-hybridized carbons (Fsp3) is 0.333. The van der Waals surface area contributed by atoms with E-state index < -0.39 is 0 Å². The Bertz CT molecular complexity index is 452. The van der Waals surface area contributed by atoms with Crippen molar-refractivity contribution in [3.05, 3.63) is 29.3 Å². The van der Waals surface area contributed by atoms with Gasteiger partial charge in [0, 0.05) is 18.2 Å². The standard InChI is InChI=1S/C12H14N2O2/c1-8(15)13-10-6-5-9-3-2-4-12(14-16)11(9)7-10/h5-7,16H,2-4H2,1H3,(H,13,15). The van der Waals surface area contributed by atoms with Gasteiger partial charge < -0.3 is 10.5 Å². The Kier molecular flexibility index (Phi) is 2.90. The summed E-state index contributed by atoms with van der Waals surface area (Å²) < 4.78 is 0. The number of benzene rings is 1. The molecule has 1 aliphatic carbocycles. The lowest BCUT2D eigenvalue weighted by Crippen LogP contribution is -2.13. The molecule has 0 bridgehead atoms. The molecule has 4 nitrogen and oxygen atoms in total. The number of nitrogens with one attached hydrogen (secondary N) is 1. The average molecular weight is 218 g/mol. The van der Waals surface area contributed by atoms with Crippen LogP contribution in [0.4, 0.5) is 5.69 Å². The monoisotopic (exact) mass is 218 g/mol. The van der Waals surface area contributed by atoms with E-state index in [4.69, 9.17) is 5.21 Å². The zero-order valence-electron chi connectivity index (χ0n) is 9.16. The van der Waals surface area contributed by atoms with Gasteiger partial charge in [-0.15, -0.1) is 0 Å². The van der Waals surface area contributed by atoms with E-state index in [9.17, 15) is 4.79 Å². The van der Waals surface area contributed by atoms with Gasteiger partial charge in [0.2, 0.25) is 5.91 Å². The van der Waals surface area contributed by atoms with E-state index in [1.54, 1.807) is 0 Å². The van der Waals surface area contributed by atoms with Crippen molar-refractivity contribution in [2.45, 2.75) is 26.2 Å². The van der Waals surface area contributed by atoms with Crippen LogP contribution in [-0.4, -0.2) is 16.8 Å². The summed E-state index contributed by atoms with van der Waals surface area (Å²) in [6.45, 7) is 1.47. The molecule has 2 N–H and O–H groups in total. The van der Waals surface area contributed by atoms with Crippen LogP contribution >= 0.6 is 0 Å². The van der Waals surface area contributed by atoms with Gasteiger partial charge in [0.1, 0.15) is 0 Å². The zero-order chi connectivity index (χ0) is 11.5. The molecule has 0 heterocycles. The SMILES string of the molecule is CC(=O)Nc1ccc2c(c1)C(=NO)CCC2. The molecule has 4 heteroatoms. The zero-order valence-corrected chi connectivity index (χ0v) is 9.16. The third-order valence-electron chi connectivity index (χ3n) is 2.72. The predicted octanol–water partition coefficient (Wildman–Crippen LogP) is 2.16. The van der Waals surface area contributed by atoms with Crippen molar-refractivity contribution in [2.24, 2.45) is 5.16 Å². The van der Waals surface area contributed by atoms with Crippen LogP contribution in [0.2, 0.25) is 0 Å². The van der Waals surface area contributed by atoms with Crippen LogP contribution in [0.15, 0.2) is 23.4 Å². The molecule has 0 aliphatic heterocycles. The van der Waals surface area contributed by atoms with Crippen LogP contribution in [-0.2, 0) is 11.2 Å². The number of aryl methyl sites for hydroxylation is 1. The highest BCUT2D eigenvalue weighted by atomic mass is 16.4. The molecule has 0 saturated heterocycles. The van der Waals surface area contributed by atoms with Crippen molar-refractivity contribution < 1.29 is 10.0 Å². The van der Waals surface area contributed by atoms with Crippen molar-refractivity contribution in [3.63, 3.8) is 0 Å². The minimum Gasteiger partial charge on any atom is -0.411 e. The largest absolute Gasteiger partial charge is 0.411 e. The second-order valence-electron chi connectivity index (χ2n) is 3.95. The summed E-state index contributed by atoms with van der Waals surface area (Å²) in [5.41, 5.74) is 3.57. The van der Waals surface area contributed by atoms with Gasteiger partial charge in [0.25, 0.3) is 0 Å². The first-order chi connectivity index (χ1) is 7.70. The van der Waals surface area contributed by atoms with Crippen LogP contribution in [0.3, 0.4) is 0 Å². The molecule has 1 aliphatic rings. The summed E-state index contributed by atoms with van der Waals surface area (Å²) in [7, 11) is 0. The van der Waals surface area contributed by atoms with Gasteiger partial charge in [0.15, 0.2) is 0 Å². The lowest BCUT2D eigenvalue weighted by molar-refractivity contribution is -0.114. The number of oxime groups is 1. The van der Waals surface area contributed by atoms with Gasteiger partial charge in [-0.1, -0.05) is 11.2 Å². The molecule has 0 saturated carbocycles. The van der Waals surface area contributed by atoms with Crippen molar-refractivity contribution in [2.75, 3.05) is 5.32 Å². The normalized spacial score (nSPS) is 16.9. The number of carbonyl (C=O) groups excluding carboxylic acids is 1. The van der Waals surface area contributed by atoms with Gasteiger partial charge in [-0.3, -0.25) is 4.79 Å². The second kappa shape index (κ2) is 4.35. The highest BCUT2D eigenvalue weighted by Crippen LogP contribution is 2.24. The summed E-state index contributed by atoms with van der Waals surface area (Å²) in [5, 5.41) is 14.9. The second-order valence-corrected chi connectivity index (χ2v) is 3.95. The number of hydrogen-bond donors (Lipinski definition) is 2. The van der Waals surface area contributed by atoms with Gasteiger partial charge in [-0.25, -0.2) is 0 Å². The van der Waals surface area contributed by atoms with E-state index in [1.165, 1.54) is 12.5 Å². The molecular formula is C12H14N2O2. The van der Waals surface area contributed by atoms with E-state index in [0.29, 0.717) is 5.71 Å². The molecule has 2 rings (SSSR count). The minimum absolute atomic E-state index is 0.0988. The summed E-state index contributed by atoms with van der Waals surface area (Å²) >= 11 is 0. The Balaban J connectivity index is 2.38. The lowest BCUT2D eigenvalue weighted by atomic mass is 9.90. The maximum absolute atomic E-state index is 10.9. The van der Waals surface area contributed by atoms with Gasteiger partial charge in [0.05, 0.1) is 5.71 Å². The number of nitrogens with zero attached hydrogens (tertiary/aromatic N) is 1. The number of anilines is 1. The first kappa shape index (κ1) is 10.7. The molecule has 1 amide bonds.